The lowest BCUT2D eigenvalue weighted by atomic mass is 9.92. The number of amides is 1. The molecule has 0 saturated heterocycles. The van der Waals surface area contributed by atoms with Crippen molar-refractivity contribution >= 4 is 35.0 Å². The van der Waals surface area contributed by atoms with Crippen molar-refractivity contribution < 1.29 is 9.18 Å². The molecule has 6 heteroatoms. The monoisotopic (exact) mass is 336 g/mol. The van der Waals surface area contributed by atoms with Crippen LogP contribution in [0, 0.1) is 11.7 Å². The Morgan fingerprint density at radius 1 is 1.40 bits per heavy atom. The molecule has 126 valence electrons. The number of aromatic nitrogens is 2. The second kappa shape index (κ2) is 6.12. The van der Waals surface area contributed by atoms with E-state index in [0.717, 1.165) is 24.1 Å². The number of fused-ring (bicyclic) bond motifs is 2. The number of rotatable bonds is 4. The maximum absolute atomic E-state index is 14.5. The normalized spacial score (nSPS) is 16.0. The topological polar surface area (TPSA) is 70.1 Å². The summed E-state index contributed by atoms with van der Waals surface area (Å²) in [5, 5.41) is 2.39. The first-order valence-electron chi connectivity index (χ1n) is 8.24. The Morgan fingerprint density at radius 3 is 3.08 bits per heavy atom. The van der Waals surface area contributed by atoms with Gasteiger partial charge in [-0.15, -0.1) is 0 Å². The lowest BCUT2D eigenvalue weighted by molar-refractivity contribution is -0.105. The Morgan fingerprint density at radius 2 is 2.28 bits per heavy atom. The summed E-state index contributed by atoms with van der Waals surface area (Å²) in [6.07, 6.45) is 5.98. The first kappa shape index (κ1) is 15.5. The van der Waals surface area contributed by atoms with Crippen molar-refractivity contribution in [2.45, 2.75) is 19.8 Å². The van der Waals surface area contributed by atoms with Crippen LogP contribution in [-0.4, -0.2) is 22.6 Å². The Kier molecular flexibility index (Phi) is 3.80. The minimum Gasteiger partial charge on any atom is -0.343 e. The summed E-state index contributed by atoms with van der Waals surface area (Å²) in [7, 11) is 0. The summed E-state index contributed by atoms with van der Waals surface area (Å²) in [4.78, 5) is 22.5. The Labute approximate surface area is 144 Å². The van der Waals surface area contributed by atoms with Gasteiger partial charge in [0.05, 0.1) is 23.0 Å². The number of nitrogens with one attached hydrogen (secondary N) is 2. The number of imidazole rings is 1. The Hall–Kier alpha value is -3.02. The third-order valence-corrected chi connectivity index (χ3v) is 4.68. The Balaban J connectivity index is 1.85. The fraction of sp³-hybridized carbons (Fsp3) is 0.211. The highest BCUT2D eigenvalue weighted by atomic mass is 19.1. The zero-order valence-electron chi connectivity index (χ0n) is 13.7. The molecule has 5 nitrogen and oxygen atoms in total. The second-order valence-corrected chi connectivity index (χ2v) is 6.16. The summed E-state index contributed by atoms with van der Waals surface area (Å²) < 4.78 is 14.5. The number of hydrogen-bond acceptors (Lipinski definition) is 3. The number of halogens is 1. The fourth-order valence-corrected chi connectivity index (χ4v) is 3.29. The molecule has 2 aromatic carbocycles. The van der Waals surface area contributed by atoms with E-state index in [4.69, 9.17) is 0 Å². The zero-order chi connectivity index (χ0) is 17.4. The minimum absolute atomic E-state index is 0.105. The van der Waals surface area contributed by atoms with E-state index in [-0.39, 0.29) is 5.69 Å². The number of benzene rings is 2. The van der Waals surface area contributed by atoms with E-state index in [1.165, 1.54) is 18.0 Å². The SMILES string of the molecule is CCC1C=Nc2cc(-c3cc(F)c(NC=O)c4[nH]cnc34)ccc2C1. The molecule has 4 rings (SSSR count). The molecule has 2 heterocycles. The standard InChI is InChI=1S/C19H17FN4O/c1-2-11-5-13-4-3-12(6-16(13)21-8-11)14-7-15(20)18(24-10-25)19-17(14)22-9-23-19/h3-4,6-11H,2,5H2,1H3,(H,22,23)(H,24,25). The molecule has 1 atom stereocenters. The maximum atomic E-state index is 14.5. The maximum Gasteiger partial charge on any atom is 0.211 e. The molecular weight excluding hydrogens is 319 g/mol. The van der Waals surface area contributed by atoms with Gasteiger partial charge in [0.15, 0.2) is 0 Å². The quantitative estimate of drug-likeness (QED) is 0.700. The van der Waals surface area contributed by atoms with Gasteiger partial charge >= 0.3 is 0 Å². The number of H-pyrrole nitrogens is 1. The predicted molar refractivity (Wildman–Crippen MR) is 96.8 cm³/mol. The van der Waals surface area contributed by atoms with Crippen LogP contribution >= 0.6 is 0 Å². The highest BCUT2D eigenvalue weighted by molar-refractivity contribution is 6.01. The lowest BCUT2D eigenvalue weighted by Gasteiger charge is -2.18. The number of aliphatic imine (C=N–C) groups is 1. The molecule has 0 radical (unpaired) electrons. The predicted octanol–water partition coefficient (Wildman–Crippen LogP) is 4.22. The largest absolute Gasteiger partial charge is 0.343 e. The number of aromatic amines is 1. The first-order valence-corrected chi connectivity index (χ1v) is 8.24. The van der Waals surface area contributed by atoms with E-state index in [2.05, 4.69) is 33.3 Å². The lowest BCUT2D eigenvalue weighted by Crippen LogP contribution is -2.08. The van der Waals surface area contributed by atoms with Crippen molar-refractivity contribution in [3.05, 3.63) is 42.0 Å². The number of nitrogens with zero attached hydrogens (tertiary/aromatic N) is 2. The van der Waals surface area contributed by atoms with Gasteiger partial charge in [-0.3, -0.25) is 9.79 Å². The average Bonchev–Trinajstić information content (AvgIpc) is 3.12. The van der Waals surface area contributed by atoms with Crippen LogP contribution in [0.2, 0.25) is 0 Å². The molecule has 1 unspecified atom stereocenters. The molecule has 3 aromatic rings. The van der Waals surface area contributed by atoms with Crippen LogP contribution in [0.1, 0.15) is 18.9 Å². The van der Waals surface area contributed by atoms with Gasteiger partial charge in [0.2, 0.25) is 6.41 Å². The summed E-state index contributed by atoms with van der Waals surface area (Å²) in [5.41, 5.74) is 4.82. The van der Waals surface area contributed by atoms with Crippen LogP contribution in [0.5, 0.6) is 0 Å². The van der Waals surface area contributed by atoms with Gasteiger partial charge < -0.3 is 10.3 Å². The number of carbonyl (C=O) groups excluding carboxylic acids is 1. The third-order valence-electron chi connectivity index (χ3n) is 4.68. The minimum atomic E-state index is -0.508. The number of hydrogen-bond donors (Lipinski definition) is 2. The van der Waals surface area contributed by atoms with Gasteiger partial charge in [0.1, 0.15) is 11.5 Å². The van der Waals surface area contributed by atoms with E-state index >= 15 is 0 Å². The number of carbonyl (C=O) groups is 1. The van der Waals surface area contributed by atoms with E-state index in [1.54, 1.807) is 0 Å². The molecule has 2 N–H and O–H groups in total. The fourth-order valence-electron chi connectivity index (χ4n) is 3.29. The van der Waals surface area contributed by atoms with E-state index < -0.39 is 5.82 Å². The molecule has 1 aliphatic heterocycles. The van der Waals surface area contributed by atoms with Crippen LogP contribution in [0.3, 0.4) is 0 Å². The molecule has 0 bridgehead atoms. The van der Waals surface area contributed by atoms with E-state index in [9.17, 15) is 9.18 Å². The molecule has 1 aromatic heterocycles. The van der Waals surface area contributed by atoms with Gasteiger partial charge in [-0.05, 0) is 42.0 Å². The third kappa shape index (κ3) is 2.59. The summed E-state index contributed by atoms with van der Waals surface area (Å²) in [6, 6.07) is 7.39. The molecule has 1 aliphatic rings. The molecule has 25 heavy (non-hydrogen) atoms. The van der Waals surface area contributed by atoms with Crippen molar-refractivity contribution in [3.63, 3.8) is 0 Å². The highest BCUT2D eigenvalue weighted by Gasteiger charge is 2.18. The molecule has 0 fully saturated rings. The average molecular weight is 336 g/mol. The Bertz CT molecular complexity index is 992. The highest BCUT2D eigenvalue weighted by Crippen LogP contribution is 2.37. The molecule has 0 saturated carbocycles. The van der Waals surface area contributed by atoms with Gasteiger partial charge in [0, 0.05) is 11.8 Å². The first-order chi connectivity index (χ1) is 12.2. The van der Waals surface area contributed by atoms with Gasteiger partial charge in [-0.2, -0.15) is 0 Å². The molecular formula is C19H17FN4O. The summed E-state index contributed by atoms with van der Waals surface area (Å²) in [6.45, 7) is 2.15. The molecule has 0 aliphatic carbocycles. The summed E-state index contributed by atoms with van der Waals surface area (Å²) in [5.74, 6) is -0.0336. The molecule has 0 spiro atoms. The van der Waals surface area contributed by atoms with Crippen LogP contribution < -0.4 is 5.32 Å². The number of anilines is 1. The van der Waals surface area contributed by atoms with Crippen LogP contribution in [0.15, 0.2) is 35.6 Å². The van der Waals surface area contributed by atoms with Crippen molar-refractivity contribution in [2.24, 2.45) is 10.9 Å². The van der Waals surface area contributed by atoms with Crippen LogP contribution in [-0.2, 0) is 11.2 Å². The summed E-state index contributed by atoms with van der Waals surface area (Å²) >= 11 is 0. The van der Waals surface area contributed by atoms with Crippen molar-refractivity contribution in [1.82, 2.24) is 9.97 Å². The smallest absolute Gasteiger partial charge is 0.211 e. The zero-order valence-corrected chi connectivity index (χ0v) is 13.7. The van der Waals surface area contributed by atoms with Crippen molar-refractivity contribution in [2.75, 3.05) is 5.32 Å². The van der Waals surface area contributed by atoms with Crippen molar-refractivity contribution in [1.29, 1.82) is 0 Å². The van der Waals surface area contributed by atoms with Gasteiger partial charge in [0.25, 0.3) is 0 Å². The van der Waals surface area contributed by atoms with E-state index in [0.29, 0.717) is 28.9 Å². The second-order valence-electron chi connectivity index (χ2n) is 6.16. The van der Waals surface area contributed by atoms with Crippen LogP contribution in [0.25, 0.3) is 22.2 Å². The van der Waals surface area contributed by atoms with E-state index in [1.807, 2.05) is 18.3 Å². The van der Waals surface area contributed by atoms with Crippen molar-refractivity contribution in [3.8, 4) is 11.1 Å². The van der Waals surface area contributed by atoms with Gasteiger partial charge in [-0.25, -0.2) is 9.37 Å². The van der Waals surface area contributed by atoms with Gasteiger partial charge in [-0.1, -0.05) is 19.1 Å². The van der Waals surface area contributed by atoms with Crippen LogP contribution in [0.4, 0.5) is 15.8 Å². The molecule has 1 amide bonds.